The van der Waals surface area contributed by atoms with E-state index < -0.39 is 14.9 Å². The summed E-state index contributed by atoms with van der Waals surface area (Å²) in [5.41, 5.74) is 1.76. The molecule has 0 aliphatic carbocycles. The summed E-state index contributed by atoms with van der Waals surface area (Å²) in [6.07, 6.45) is 0. The third-order valence-electron chi connectivity index (χ3n) is 5.73. The van der Waals surface area contributed by atoms with Crippen LogP contribution in [0.1, 0.15) is 25.5 Å². The summed E-state index contributed by atoms with van der Waals surface area (Å²) in [5.74, 6) is -0.114. The number of hydrogen-bond donors (Lipinski definition) is 2. The van der Waals surface area contributed by atoms with Crippen LogP contribution in [-0.2, 0) is 14.8 Å². The average molecular weight is 462 g/mol. The highest BCUT2D eigenvalue weighted by molar-refractivity contribution is 7.89. The van der Waals surface area contributed by atoms with Crippen molar-refractivity contribution in [3.05, 3.63) is 64.2 Å². The molecule has 3 N–H and O–H groups in total. The van der Waals surface area contributed by atoms with Gasteiger partial charge in [0.2, 0.25) is 15.9 Å². The first-order chi connectivity index (χ1) is 15.1. The number of non-ortho nitro benzene ring substituents is 1. The molecular weight excluding hydrogens is 434 g/mol. The number of carbonyl (C=O) groups is 1. The molecule has 1 fully saturated rings. The van der Waals surface area contributed by atoms with Gasteiger partial charge in [0.1, 0.15) is 0 Å². The number of piperazine rings is 1. The summed E-state index contributed by atoms with van der Waals surface area (Å²) >= 11 is 0. The van der Waals surface area contributed by atoms with Gasteiger partial charge in [0, 0.05) is 44.0 Å². The maximum absolute atomic E-state index is 12.8. The van der Waals surface area contributed by atoms with Crippen LogP contribution in [0.3, 0.4) is 0 Å². The molecular formula is C21H27N5O5S. The molecule has 2 aromatic rings. The molecule has 0 unspecified atom stereocenters. The van der Waals surface area contributed by atoms with Crippen molar-refractivity contribution in [3.63, 3.8) is 0 Å². The zero-order valence-corrected chi connectivity index (χ0v) is 18.8. The first-order valence-electron chi connectivity index (χ1n) is 10.2. The van der Waals surface area contributed by atoms with Gasteiger partial charge in [0.25, 0.3) is 5.69 Å². The van der Waals surface area contributed by atoms with E-state index in [0.717, 1.165) is 11.3 Å². The molecule has 2 atom stereocenters. The van der Waals surface area contributed by atoms with Crippen molar-refractivity contribution in [2.24, 2.45) is 5.14 Å². The molecule has 3 rings (SSSR count). The number of nitro benzene ring substituents is 1. The highest BCUT2D eigenvalue weighted by Crippen LogP contribution is 2.21. The lowest BCUT2D eigenvalue weighted by Crippen LogP contribution is -2.54. The molecule has 1 aliphatic heterocycles. The fraction of sp³-hybridized carbons (Fsp3) is 0.381. The first kappa shape index (κ1) is 23.6. The number of amides is 1. The molecule has 11 heteroatoms. The minimum atomic E-state index is -3.75. The number of anilines is 1. The summed E-state index contributed by atoms with van der Waals surface area (Å²) < 4.78 is 22.8. The molecule has 0 radical (unpaired) electrons. The largest absolute Gasteiger partial charge is 0.369 e. The number of rotatable bonds is 7. The van der Waals surface area contributed by atoms with Gasteiger partial charge in [0.05, 0.1) is 21.9 Å². The predicted molar refractivity (Wildman–Crippen MR) is 121 cm³/mol. The third kappa shape index (κ3) is 5.61. The molecule has 172 valence electrons. The Morgan fingerprint density at radius 1 is 1.03 bits per heavy atom. The normalized spacial score (nSPS) is 16.9. The van der Waals surface area contributed by atoms with Gasteiger partial charge in [-0.2, -0.15) is 0 Å². The Bertz CT molecular complexity index is 1060. The second-order valence-corrected chi connectivity index (χ2v) is 9.38. The van der Waals surface area contributed by atoms with E-state index in [1.807, 2.05) is 13.8 Å². The van der Waals surface area contributed by atoms with Gasteiger partial charge < -0.3 is 10.2 Å². The number of sulfonamides is 1. The van der Waals surface area contributed by atoms with E-state index >= 15 is 0 Å². The fourth-order valence-corrected chi connectivity index (χ4v) is 4.20. The van der Waals surface area contributed by atoms with Crippen LogP contribution in [0.5, 0.6) is 0 Å². The zero-order chi connectivity index (χ0) is 23.5. The van der Waals surface area contributed by atoms with Crippen LogP contribution in [0.15, 0.2) is 53.4 Å². The van der Waals surface area contributed by atoms with Crippen LogP contribution < -0.4 is 15.4 Å². The van der Waals surface area contributed by atoms with Gasteiger partial charge in [-0.1, -0.05) is 12.1 Å². The quantitative estimate of drug-likeness (QED) is 0.472. The Hall–Kier alpha value is -3.02. The Morgan fingerprint density at radius 3 is 2.09 bits per heavy atom. The summed E-state index contributed by atoms with van der Waals surface area (Å²) in [5, 5.41) is 18.9. The van der Waals surface area contributed by atoms with Gasteiger partial charge in [-0.3, -0.25) is 19.8 Å². The van der Waals surface area contributed by atoms with E-state index in [2.05, 4.69) is 15.1 Å². The average Bonchev–Trinajstić information content (AvgIpc) is 2.78. The Kier molecular flexibility index (Phi) is 7.12. The van der Waals surface area contributed by atoms with Crippen molar-refractivity contribution >= 4 is 27.3 Å². The van der Waals surface area contributed by atoms with Gasteiger partial charge in [-0.25, -0.2) is 13.6 Å². The Balaban J connectivity index is 1.53. The highest BCUT2D eigenvalue weighted by Gasteiger charge is 2.27. The van der Waals surface area contributed by atoms with Crippen LogP contribution in [-0.4, -0.2) is 56.4 Å². The second-order valence-electron chi connectivity index (χ2n) is 7.82. The molecule has 0 bridgehead atoms. The maximum Gasteiger partial charge on any atom is 0.269 e. The fourth-order valence-electron chi connectivity index (χ4n) is 3.68. The second kappa shape index (κ2) is 9.63. The maximum atomic E-state index is 12.8. The van der Waals surface area contributed by atoms with E-state index in [1.54, 1.807) is 24.3 Å². The van der Waals surface area contributed by atoms with Crippen molar-refractivity contribution in [3.8, 4) is 0 Å². The monoisotopic (exact) mass is 461 g/mol. The lowest BCUT2D eigenvalue weighted by molar-refractivity contribution is -0.384. The van der Waals surface area contributed by atoms with Crippen LogP contribution in [0.4, 0.5) is 11.4 Å². The van der Waals surface area contributed by atoms with Gasteiger partial charge in [0.15, 0.2) is 0 Å². The number of carbonyl (C=O) groups excluding carboxylic acids is 1. The van der Waals surface area contributed by atoms with Crippen molar-refractivity contribution in [2.45, 2.75) is 30.8 Å². The van der Waals surface area contributed by atoms with Crippen molar-refractivity contribution in [1.29, 1.82) is 0 Å². The van der Waals surface area contributed by atoms with E-state index in [1.165, 1.54) is 24.3 Å². The number of hydrogen-bond acceptors (Lipinski definition) is 7. The SMILES string of the molecule is C[C@@H](NC(=O)[C@H](C)N1CCN(c2ccc([N+](=O)[O-])cc2)CC1)c1ccc(S(N)(=O)=O)cc1. The van der Waals surface area contributed by atoms with Crippen LogP contribution in [0.25, 0.3) is 0 Å². The first-order valence-corrected chi connectivity index (χ1v) is 11.8. The number of nitro groups is 1. The molecule has 1 saturated heterocycles. The molecule has 0 aromatic heterocycles. The lowest BCUT2D eigenvalue weighted by Gasteiger charge is -2.38. The standard InChI is InChI=1S/C21H27N5O5S/c1-15(17-3-9-20(10-4-17)32(22,30)31)23-21(27)16(2)24-11-13-25(14-12-24)18-5-7-19(8-6-18)26(28)29/h3-10,15-16H,11-14H2,1-2H3,(H,23,27)(H2,22,30,31)/t15-,16+/m1/s1. The molecule has 0 saturated carbocycles. The third-order valence-corrected chi connectivity index (χ3v) is 6.66. The molecule has 0 spiro atoms. The summed E-state index contributed by atoms with van der Waals surface area (Å²) in [4.78, 5) is 27.4. The summed E-state index contributed by atoms with van der Waals surface area (Å²) in [7, 11) is -3.75. The number of benzene rings is 2. The minimum Gasteiger partial charge on any atom is -0.369 e. The van der Waals surface area contributed by atoms with E-state index in [0.29, 0.717) is 26.2 Å². The van der Waals surface area contributed by atoms with Gasteiger partial charge in [-0.15, -0.1) is 0 Å². The van der Waals surface area contributed by atoms with Crippen molar-refractivity contribution < 1.29 is 18.1 Å². The van der Waals surface area contributed by atoms with Crippen LogP contribution in [0, 0.1) is 10.1 Å². The number of nitrogens with one attached hydrogen (secondary N) is 1. The topological polar surface area (TPSA) is 139 Å². The van der Waals surface area contributed by atoms with Gasteiger partial charge >= 0.3 is 0 Å². The highest BCUT2D eigenvalue weighted by atomic mass is 32.2. The van der Waals surface area contributed by atoms with Crippen LogP contribution in [0.2, 0.25) is 0 Å². The Morgan fingerprint density at radius 2 is 1.59 bits per heavy atom. The van der Waals surface area contributed by atoms with E-state index in [9.17, 15) is 23.3 Å². The molecule has 2 aromatic carbocycles. The summed E-state index contributed by atoms with van der Waals surface area (Å²) in [6.45, 7) is 6.48. The van der Waals surface area contributed by atoms with Crippen molar-refractivity contribution in [2.75, 3.05) is 31.1 Å². The number of nitrogens with zero attached hydrogens (tertiary/aromatic N) is 3. The van der Waals surface area contributed by atoms with Gasteiger partial charge in [-0.05, 0) is 43.7 Å². The predicted octanol–water partition coefficient (Wildman–Crippen LogP) is 1.63. The van der Waals surface area contributed by atoms with Crippen LogP contribution >= 0.6 is 0 Å². The van der Waals surface area contributed by atoms with E-state index in [4.69, 9.17) is 5.14 Å². The van der Waals surface area contributed by atoms with E-state index in [-0.39, 0.29) is 28.6 Å². The number of nitrogens with two attached hydrogens (primary N) is 1. The lowest BCUT2D eigenvalue weighted by atomic mass is 10.1. The minimum absolute atomic E-state index is 0.0269. The smallest absolute Gasteiger partial charge is 0.269 e. The molecule has 1 heterocycles. The zero-order valence-electron chi connectivity index (χ0n) is 18.0. The summed E-state index contributed by atoms with van der Waals surface area (Å²) in [6, 6.07) is 12.0. The number of primary sulfonamides is 1. The molecule has 10 nitrogen and oxygen atoms in total. The molecule has 1 amide bonds. The Labute approximate surface area is 187 Å². The molecule has 1 aliphatic rings. The van der Waals surface area contributed by atoms with Crippen molar-refractivity contribution in [1.82, 2.24) is 10.2 Å². The molecule has 32 heavy (non-hydrogen) atoms.